The minimum Gasteiger partial charge on any atom is -0.480 e. The topological polar surface area (TPSA) is 55.3 Å². The van der Waals surface area contributed by atoms with Gasteiger partial charge in [0, 0.05) is 13.0 Å². The standard InChI is InChI=1S/C9H10ClN3O2/c1-15-8-4-11-3-7(12-8)13-5-6(10)2-9(13)14/h3-4,6H,2,5H2,1H3. The van der Waals surface area contributed by atoms with Crippen molar-refractivity contribution in [2.45, 2.75) is 11.8 Å². The van der Waals surface area contributed by atoms with Crippen molar-refractivity contribution < 1.29 is 9.53 Å². The number of carbonyl (C=O) groups is 1. The van der Waals surface area contributed by atoms with E-state index in [1.165, 1.54) is 24.4 Å². The highest BCUT2D eigenvalue weighted by atomic mass is 35.5. The Bertz CT molecular complexity index is 385. The largest absolute Gasteiger partial charge is 0.480 e. The van der Waals surface area contributed by atoms with Crippen LogP contribution in [0.2, 0.25) is 0 Å². The lowest BCUT2D eigenvalue weighted by atomic mass is 10.4. The Hall–Kier alpha value is -1.36. The molecular formula is C9H10ClN3O2. The molecule has 15 heavy (non-hydrogen) atoms. The maximum Gasteiger partial charge on any atom is 0.234 e. The molecule has 0 radical (unpaired) electrons. The van der Waals surface area contributed by atoms with Gasteiger partial charge in [-0.1, -0.05) is 0 Å². The molecule has 1 aliphatic heterocycles. The van der Waals surface area contributed by atoms with Gasteiger partial charge >= 0.3 is 0 Å². The Morgan fingerprint density at radius 2 is 2.40 bits per heavy atom. The second-order valence-electron chi connectivity index (χ2n) is 3.23. The van der Waals surface area contributed by atoms with E-state index in [1.54, 1.807) is 0 Å². The maximum absolute atomic E-state index is 11.5. The van der Waals surface area contributed by atoms with Crippen LogP contribution < -0.4 is 9.64 Å². The molecule has 1 aliphatic rings. The zero-order chi connectivity index (χ0) is 10.8. The number of alkyl halides is 1. The van der Waals surface area contributed by atoms with Crippen LogP contribution in [-0.4, -0.2) is 34.9 Å². The van der Waals surface area contributed by atoms with Gasteiger partial charge in [-0.15, -0.1) is 11.6 Å². The van der Waals surface area contributed by atoms with Crippen molar-refractivity contribution in [1.82, 2.24) is 9.97 Å². The predicted molar refractivity (Wildman–Crippen MR) is 55.2 cm³/mol. The average Bonchev–Trinajstić information content (AvgIpc) is 2.58. The van der Waals surface area contributed by atoms with E-state index in [2.05, 4.69) is 9.97 Å². The van der Waals surface area contributed by atoms with E-state index in [9.17, 15) is 4.79 Å². The van der Waals surface area contributed by atoms with Gasteiger partial charge in [-0.3, -0.25) is 14.7 Å². The minimum atomic E-state index is -0.148. The van der Waals surface area contributed by atoms with Crippen LogP contribution in [0.15, 0.2) is 12.4 Å². The van der Waals surface area contributed by atoms with Gasteiger partial charge in [-0.25, -0.2) is 0 Å². The van der Waals surface area contributed by atoms with Crippen LogP contribution in [0.25, 0.3) is 0 Å². The third-order valence-electron chi connectivity index (χ3n) is 2.16. The normalized spacial score (nSPS) is 20.8. The fourth-order valence-electron chi connectivity index (χ4n) is 1.45. The molecular weight excluding hydrogens is 218 g/mol. The van der Waals surface area contributed by atoms with Crippen molar-refractivity contribution in [2.75, 3.05) is 18.6 Å². The molecule has 2 heterocycles. The highest BCUT2D eigenvalue weighted by Crippen LogP contribution is 2.22. The molecule has 1 aromatic rings. The van der Waals surface area contributed by atoms with Crippen molar-refractivity contribution in [3.05, 3.63) is 12.4 Å². The number of methoxy groups -OCH3 is 1. The minimum absolute atomic E-state index is 0.0300. The molecule has 0 N–H and O–H groups in total. The van der Waals surface area contributed by atoms with E-state index in [-0.39, 0.29) is 11.3 Å². The lowest BCUT2D eigenvalue weighted by Crippen LogP contribution is -2.25. The predicted octanol–water partition coefficient (Wildman–Crippen LogP) is 0.829. The molecule has 80 valence electrons. The fourth-order valence-corrected chi connectivity index (χ4v) is 1.72. The first-order chi connectivity index (χ1) is 7.20. The summed E-state index contributed by atoms with van der Waals surface area (Å²) in [7, 11) is 1.50. The molecule has 2 rings (SSSR count). The van der Waals surface area contributed by atoms with Crippen LogP contribution in [0.3, 0.4) is 0 Å². The Balaban J connectivity index is 2.25. The molecule has 0 aromatic carbocycles. The number of halogens is 1. The molecule has 5 nitrogen and oxygen atoms in total. The summed E-state index contributed by atoms with van der Waals surface area (Å²) in [5, 5.41) is -0.148. The van der Waals surface area contributed by atoms with Crippen LogP contribution >= 0.6 is 11.6 Å². The van der Waals surface area contributed by atoms with Crippen molar-refractivity contribution in [1.29, 1.82) is 0 Å². The molecule has 6 heteroatoms. The first kappa shape index (κ1) is 10.2. The van der Waals surface area contributed by atoms with Gasteiger partial charge < -0.3 is 4.74 Å². The monoisotopic (exact) mass is 227 g/mol. The van der Waals surface area contributed by atoms with Crippen LogP contribution in [0.4, 0.5) is 5.82 Å². The number of nitrogens with zero attached hydrogens (tertiary/aromatic N) is 3. The molecule has 1 atom stereocenters. The van der Waals surface area contributed by atoms with Crippen LogP contribution in [0.5, 0.6) is 5.88 Å². The van der Waals surface area contributed by atoms with Crippen molar-refractivity contribution in [3.8, 4) is 5.88 Å². The number of amides is 1. The zero-order valence-corrected chi connectivity index (χ0v) is 8.94. The van der Waals surface area contributed by atoms with Crippen molar-refractivity contribution in [3.63, 3.8) is 0 Å². The van der Waals surface area contributed by atoms with E-state index < -0.39 is 0 Å². The van der Waals surface area contributed by atoms with E-state index in [0.29, 0.717) is 24.7 Å². The summed E-state index contributed by atoms with van der Waals surface area (Å²) in [6, 6.07) is 0. The zero-order valence-electron chi connectivity index (χ0n) is 8.18. The Morgan fingerprint density at radius 3 is 3.00 bits per heavy atom. The quantitative estimate of drug-likeness (QED) is 0.703. The van der Waals surface area contributed by atoms with E-state index in [4.69, 9.17) is 16.3 Å². The number of hydrogen-bond donors (Lipinski definition) is 0. The van der Waals surface area contributed by atoms with Crippen LogP contribution in [-0.2, 0) is 4.79 Å². The second-order valence-corrected chi connectivity index (χ2v) is 3.84. The van der Waals surface area contributed by atoms with Crippen molar-refractivity contribution >= 4 is 23.3 Å². The molecule has 1 amide bonds. The number of rotatable bonds is 2. The molecule has 1 unspecified atom stereocenters. The third-order valence-corrected chi connectivity index (χ3v) is 2.46. The van der Waals surface area contributed by atoms with Crippen molar-refractivity contribution in [2.24, 2.45) is 0 Å². The molecule has 1 fully saturated rings. The Labute approximate surface area is 92.0 Å². The van der Waals surface area contributed by atoms with Gasteiger partial charge in [0.25, 0.3) is 0 Å². The number of hydrogen-bond acceptors (Lipinski definition) is 4. The molecule has 0 bridgehead atoms. The summed E-state index contributed by atoms with van der Waals surface area (Å²) < 4.78 is 4.93. The van der Waals surface area contributed by atoms with E-state index in [1.807, 2.05) is 0 Å². The van der Waals surface area contributed by atoms with Gasteiger partial charge in [-0.2, -0.15) is 4.98 Å². The van der Waals surface area contributed by atoms with E-state index >= 15 is 0 Å². The molecule has 1 aromatic heterocycles. The highest BCUT2D eigenvalue weighted by Gasteiger charge is 2.30. The van der Waals surface area contributed by atoms with Gasteiger partial charge in [0.2, 0.25) is 11.8 Å². The summed E-state index contributed by atoms with van der Waals surface area (Å²) in [5.74, 6) is 0.846. The highest BCUT2D eigenvalue weighted by molar-refractivity contribution is 6.24. The molecule has 0 saturated carbocycles. The van der Waals surface area contributed by atoms with Gasteiger partial charge in [0.1, 0.15) is 0 Å². The van der Waals surface area contributed by atoms with Gasteiger partial charge in [-0.05, 0) is 0 Å². The fraction of sp³-hybridized carbons (Fsp3) is 0.444. The lowest BCUT2D eigenvalue weighted by molar-refractivity contribution is -0.117. The SMILES string of the molecule is COc1cncc(N2CC(Cl)CC2=O)n1. The first-order valence-electron chi connectivity index (χ1n) is 4.51. The summed E-state index contributed by atoms with van der Waals surface area (Å²) in [4.78, 5) is 21.1. The first-order valence-corrected chi connectivity index (χ1v) is 4.95. The summed E-state index contributed by atoms with van der Waals surface area (Å²) in [5.41, 5.74) is 0. The van der Waals surface area contributed by atoms with Crippen LogP contribution in [0.1, 0.15) is 6.42 Å². The Kier molecular flexibility index (Phi) is 2.73. The molecule has 0 spiro atoms. The van der Waals surface area contributed by atoms with Gasteiger partial charge in [0.05, 0.1) is 24.9 Å². The van der Waals surface area contributed by atoms with E-state index in [0.717, 1.165) is 0 Å². The maximum atomic E-state index is 11.5. The summed E-state index contributed by atoms with van der Waals surface area (Å²) >= 11 is 5.88. The Morgan fingerprint density at radius 1 is 1.60 bits per heavy atom. The number of ether oxygens (including phenoxy) is 1. The summed E-state index contributed by atoms with van der Waals surface area (Å²) in [6.45, 7) is 0.474. The average molecular weight is 228 g/mol. The number of anilines is 1. The second kappa shape index (κ2) is 4.02. The number of aromatic nitrogens is 2. The van der Waals surface area contributed by atoms with Crippen LogP contribution in [0, 0.1) is 0 Å². The number of carbonyl (C=O) groups excluding carboxylic acids is 1. The molecule has 1 saturated heterocycles. The van der Waals surface area contributed by atoms with Gasteiger partial charge in [0.15, 0.2) is 5.82 Å². The lowest BCUT2D eigenvalue weighted by Gasteiger charge is -2.14. The third kappa shape index (κ3) is 2.02. The molecule has 0 aliphatic carbocycles. The smallest absolute Gasteiger partial charge is 0.234 e. The summed E-state index contributed by atoms with van der Waals surface area (Å²) in [6.07, 6.45) is 3.36.